The maximum atomic E-state index is 8.03. The molecule has 0 bridgehead atoms. The van der Waals surface area contributed by atoms with Crippen LogP contribution in [0.25, 0.3) is 0 Å². The third-order valence-electron chi connectivity index (χ3n) is 2.47. The highest BCUT2D eigenvalue weighted by Crippen LogP contribution is 2.18. The van der Waals surface area contributed by atoms with Crippen molar-refractivity contribution in [1.82, 2.24) is 0 Å². The molecule has 1 aromatic rings. The van der Waals surface area contributed by atoms with Gasteiger partial charge in [-0.05, 0) is 31.5 Å². The van der Waals surface area contributed by atoms with E-state index < -0.39 is 0 Å². The SMILES string of the molecule is CCN(C(=N)C(C)C)c1cccc(C)c1. The Hall–Kier alpha value is -1.31. The van der Waals surface area contributed by atoms with E-state index in [1.165, 1.54) is 5.56 Å². The van der Waals surface area contributed by atoms with Crippen LogP contribution in [0.3, 0.4) is 0 Å². The van der Waals surface area contributed by atoms with Crippen LogP contribution < -0.4 is 4.90 Å². The monoisotopic (exact) mass is 204 g/mol. The molecule has 0 aromatic heterocycles. The first kappa shape index (κ1) is 11.8. The summed E-state index contributed by atoms with van der Waals surface area (Å²) in [7, 11) is 0. The van der Waals surface area contributed by atoms with Crippen LogP contribution in [0, 0.1) is 18.3 Å². The van der Waals surface area contributed by atoms with E-state index in [1.807, 2.05) is 6.07 Å². The molecule has 0 amide bonds. The molecular formula is C13H20N2. The second-order valence-corrected chi connectivity index (χ2v) is 4.12. The third-order valence-corrected chi connectivity index (χ3v) is 2.47. The number of hydrogen-bond donors (Lipinski definition) is 1. The summed E-state index contributed by atoms with van der Waals surface area (Å²) in [5, 5.41) is 8.03. The van der Waals surface area contributed by atoms with Gasteiger partial charge in [-0.2, -0.15) is 0 Å². The Bertz CT molecular complexity index is 342. The van der Waals surface area contributed by atoms with Gasteiger partial charge in [-0.3, -0.25) is 5.41 Å². The smallest absolute Gasteiger partial charge is 0.103 e. The molecule has 15 heavy (non-hydrogen) atoms. The van der Waals surface area contributed by atoms with Gasteiger partial charge in [-0.25, -0.2) is 0 Å². The second-order valence-electron chi connectivity index (χ2n) is 4.12. The van der Waals surface area contributed by atoms with Crippen LogP contribution in [0.15, 0.2) is 24.3 Å². The van der Waals surface area contributed by atoms with E-state index in [0.717, 1.165) is 12.2 Å². The Labute approximate surface area is 92.4 Å². The van der Waals surface area contributed by atoms with E-state index in [2.05, 4.69) is 50.8 Å². The standard InChI is InChI=1S/C13H20N2/c1-5-15(13(14)10(2)3)12-8-6-7-11(4)9-12/h6-10,14H,5H2,1-4H3. The number of rotatable bonds is 3. The molecule has 0 radical (unpaired) electrons. The number of hydrogen-bond acceptors (Lipinski definition) is 1. The van der Waals surface area contributed by atoms with Crippen molar-refractivity contribution in [3.8, 4) is 0 Å². The van der Waals surface area contributed by atoms with Gasteiger partial charge in [0.1, 0.15) is 5.84 Å². The molecule has 0 aliphatic carbocycles. The van der Waals surface area contributed by atoms with Crippen LogP contribution in [0.5, 0.6) is 0 Å². The van der Waals surface area contributed by atoms with Gasteiger partial charge < -0.3 is 4.90 Å². The molecule has 0 aliphatic heterocycles. The van der Waals surface area contributed by atoms with E-state index in [4.69, 9.17) is 5.41 Å². The zero-order chi connectivity index (χ0) is 11.4. The summed E-state index contributed by atoms with van der Waals surface area (Å²) in [5.41, 5.74) is 2.36. The van der Waals surface area contributed by atoms with Crippen molar-refractivity contribution in [2.45, 2.75) is 27.7 Å². The Morgan fingerprint density at radius 2 is 2.07 bits per heavy atom. The van der Waals surface area contributed by atoms with Crippen LogP contribution >= 0.6 is 0 Å². The highest BCUT2D eigenvalue weighted by molar-refractivity contribution is 5.96. The van der Waals surface area contributed by atoms with Crippen LogP contribution in [0.1, 0.15) is 26.3 Å². The first-order valence-electron chi connectivity index (χ1n) is 5.49. The molecule has 82 valence electrons. The fourth-order valence-corrected chi connectivity index (χ4v) is 1.60. The summed E-state index contributed by atoms with van der Waals surface area (Å²) in [5.74, 6) is 0.952. The minimum absolute atomic E-state index is 0.269. The van der Waals surface area contributed by atoms with Crippen LogP contribution in [-0.4, -0.2) is 12.4 Å². The van der Waals surface area contributed by atoms with E-state index in [0.29, 0.717) is 5.84 Å². The summed E-state index contributed by atoms with van der Waals surface area (Å²) in [4.78, 5) is 2.05. The average Bonchev–Trinajstić information content (AvgIpc) is 2.18. The number of anilines is 1. The Kier molecular flexibility index (Phi) is 3.89. The minimum atomic E-state index is 0.269. The van der Waals surface area contributed by atoms with Crippen LogP contribution in [0.2, 0.25) is 0 Å². The topological polar surface area (TPSA) is 27.1 Å². The van der Waals surface area contributed by atoms with Crippen molar-refractivity contribution >= 4 is 11.5 Å². The highest BCUT2D eigenvalue weighted by atomic mass is 15.2. The number of benzene rings is 1. The van der Waals surface area contributed by atoms with Gasteiger partial charge in [-0.1, -0.05) is 26.0 Å². The fourth-order valence-electron chi connectivity index (χ4n) is 1.60. The fraction of sp³-hybridized carbons (Fsp3) is 0.462. The van der Waals surface area contributed by atoms with Gasteiger partial charge in [-0.15, -0.1) is 0 Å². The lowest BCUT2D eigenvalue weighted by Gasteiger charge is -2.26. The van der Waals surface area contributed by atoms with E-state index >= 15 is 0 Å². The number of nitrogens with zero attached hydrogens (tertiary/aromatic N) is 1. The van der Waals surface area contributed by atoms with E-state index in [-0.39, 0.29) is 5.92 Å². The molecule has 0 spiro atoms. The second kappa shape index (κ2) is 4.96. The average molecular weight is 204 g/mol. The van der Waals surface area contributed by atoms with Crippen molar-refractivity contribution in [3.63, 3.8) is 0 Å². The molecule has 1 N–H and O–H groups in total. The Morgan fingerprint density at radius 3 is 2.53 bits per heavy atom. The van der Waals surface area contributed by atoms with Crippen molar-refractivity contribution < 1.29 is 0 Å². The van der Waals surface area contributed by atoms with Crippen molar-refractivity contribution in [2.24, 2.45) is 5.92 Å². The molecule has 1 aromatic carbocycles. The molecule has 0 aliphatic rings. The lowest BCUT2D eigenvalue weighted by molar-refractivity contribution is 0.832. The Morgan fingerprint density at radius 1 is 1.40 bits per heavy atom. The zero-order valence-corrected chi connectivity index (χ0v) is 10.0. The van der Waals surface area contributed by atoms with Crippen LogP contribution in [-0.2, 0) is 0 Å². The lowest BCUT2D eigenvalue weighted by atomic mass is 10.1. The number of aryl methyl sites for hydroxylation is 1. The maximum Gasteiger partial charge on any atom is 0.103 e. The quantitative estimate of drug-likeness (QED) is 0.592. The molecule has 0 saturated heterocycles. The van der Waals surface area contributed by atoms with Gasteiger partial charge >= 0.3 is 0 Å². The number of amidine groups is 1. The normalized spacial score (nSPS) is 10.5. The molecule has 0 unspecified atom stereocenters. The molecule has 0 atom stereocenters. The van der Waals surface area contributed by atoms with Gasteiger partial charge in [0.25, 0.3) is 0 Å². The van der Waals surface area contributed by atoms with Gasteiger partial charge in [0.05, 0.1) is 0 Å². The molecule has 0 saturated carbocycles. The largest absolute Gasteiger partial charge is 0.330 e. The van der Waals surface area contributed by atoms with E-state index in [9.17, 15) is 0 Å². The first-order chi connectivity index (χ1) is 7.06. The zero-order valence-electron chi connectivity index (χ0n) is 10.0. The highest BCUT2D eigenvalue weighted by Gasteiger charge is 2.12. The maximum absolute atomic E-state index is 8.03. The summed E-state index contributed by atoms with van der Waals surface area (Å²) >= 11 is 0. The first-order valence-corrected chi connectivity index (χ1v) is 5.49. The van der Waals surface area contributed by atoms with Gasteiger partial charge in [0.2, 0.25) is 0 Å². The van der Waals surface area contributed by atoms with Crippen molar-refractivity contribution in [2.75, 3.05) is 11.4 Å². The summed E-state index contributed by atoms with van der Waals surface area (Å²) in [6.07, 6.45) is 0. The van der Waals surface area contributed by atoms with Gasteiger partial charge in [0.15, 0.2) is 0 Å². The third kappa shape index (κ3) is 2.82. The summed E-state index contributed by atoms with van der Waals surface area (Å²) < 4.78 is 0. The predicted molar refractivity (Wildman–Crippen MR) is 66.8 cm³/mol. The molecule has 2 nitrogen and oxygen atoms in total. The molecule has 0 fully saturated rings. The molecule has 1 rings (SSSR count). The summed E-state index contributed by atoms with van der Waals surface area (Å²) in [6, 6.07) is 8.31. The molecule has 0 heterocycles. The predicted octanol–water partition coefficient (Wildman–Crippen LogP) is 3.45. The minimum Gasteiger partial charge on any atom is -0.330 e. The van der Waals surface area contributed by atoms with Crippen LogP contribution in [0.4, 0.5) is 5.69 Å². The van der Waals surface area contributed by atoms with Crippen molar-refractivity contribution in [1.29, 1.82) is 5.41 Å². The Balaban J connectivity index is 2.97. The lowest BCUT2D eigenvalue weighted by Crippen LogP contribution is -2.33. The molecule has 2 heteroatoms. The van der Waals surface area contributed by atoms with Crippen molar-refractivity contribution in [3.05, 3.63) is 29.8 Å². The number of nitrogens with one attached hydrogen (secondary N) is 1. The molecular weight excluding hydrogens is 184 g/mol. The van der Waals surface area contributed by atoms with Gasteiger partial charge in [0, 0.05) is 18.2 Å². The van der Waals surface area contributed by atoms with E-state index in [1.54, 1.807) is 0 Å². The summed E-state index contributed by atoms with van der Waals surface area (Å²) in [6.45, 7) is 9.12.